The Kier molecular flexibility index (Phi) is 2.29. The average molecular weight is 233 g/mol. The van der Waals surface area contributed by atoms with Gasteiger partial charge >= 0.3 is 0 Å². The molecule has 0 spiro atoms. The van der Waals surface area contributed by atoms with Crippen LogP contribution in [0.2, 0.25) is 0 Å². The van der Waals surface area contributed by atoms with E-state index in [4.69, 9.17) is 14.7 Å². The molecule has 0 aliphatic heterocycles. The van der Waals surface area contributed by atoms with Crippen LogP contribution in [0.4, 0.5) is 0 Å². The third-order valence-corrected chi connectivity index (χ3v) is 3.34. The minimum atomic E-state index is -0.402. The van der Waals surface area contributed by atoms with Crippen molar-refractivity contribution >= 4 is 0 Å². The first-order valence-corrected chi connectivity index (χ1v) is 5.86. The lowest BCUT2D eigenvalue weighted by atomic mass is 9.99. The number of hydrogen-bond donors (Lipinski definition) is 1. The molecule has 0 amide bonds. The molecule has 2 aromatic heterocycles. The summed E-state index contributed by atoms with van der Waals surface area (Å²) >= 11 is 0. The molecule has 90 valence electrons. The topological polar surface area (TPSA) is 78.1 Å². The molecule has 2 heterocycles. The summed E-state index contributed by atoms with van der Waals surface area (Å²) in [4.78, 5) is 4.38. The van der Waals surface area contributed by atoms with Crippen LogP contribution in [-0.2, 0) is 5.54 Å². The highest BCUT2D eigenvalue weighted by Crippen LogP contribution is 2.35. The van der Waals surface area contributed by atoms with E-state index in [1.807, 2.05) is 13.0 Å². The van der Waals surface area contributed by atoms with E-state index in [-0.39, 0.29) is 0 Å². The lowest BCUT2D eigenvalue weighted by Gasteiger charge is -2.17. The summed E-state index contributed by atoms with van der Waals surface area (Å²) in [5, 5.41) is 4.00. The summed E-state index contributed by atoms with van der Waals surface area (Å²) in [6.07, 6.45) is 5.73. The van der Waals surface area contributed by atoms with Gasteiger partial charge in [-0.25, -0.2) is 0 Å². The van der Waals surface area contributed by atoms with Crippen molar-refractivity contribution in [2.75, 3.05) is 0 Å². The first kappa shape index (κ1) is 10.5. The van der Waals surface area contributed by atoms with Crippen molar-refractivity contribution in [1.82, 2.24) is 10.1 Å². The van der Waals surface area contributed by atoms with Gasteiger partial charge in [-0.15, -0.1) is 0 Å². The number of hydrogen-bond acceptors (Lipinski definition) is 5. The highest BCUT2D eigenvalue weighted by Gasteiger charge is 2.36. The molecule has 2 aromatic rings. The van der Waals surface area contributed by atoms with Gasteiger partial charge in [-0.3, -0.25) is 0 Å². The molecule has 5 nitrogen and oxygen atoms in total. The minimum Gasteiger partial charge on any atom is -0.469 e. The monoisotopic (exact) mass is 233 g/mol. The van der Waals surface area contributed by atoms with Gasteiger partial charge in [0.05, 0.1) is 11.1 Å². The second kappa shape index (κ2) is 3.70. The van der Waals surface area contributed by atoms with E-state index in [1.54, 1.807) is 6.26 Å². The van der Waals surface area contributed by atoms with Gasteiger partial charge in [-0.2, -0.15) is 4.98 Å². The molecule has 0 saturated heterocycles. The van der Waals surface area contributed by atoms with Crippen LogP contribution in [0.25, 0.3) is 11.5 Å². The normalized spacial score (nSPS) is 18.7. The Morgan fingerprint density at radius 3 is 2.76 bits per heavy atom. The second-order valence-corrected chi connectivity index (χ2v) is 4.73. The summed E-state index contributed by atoms with van der Waals surface area (Å²) in [5.74, 6) is 1.92. The standard InChI is InChI=1S/C12H15N3O2/c1-8-6-9(7-16-8)10-14-11(15-17-10)12(13)4-2-3-5-12/h6-7H,2-5,13H2,1H3. The smallest absolute Gasteiger partial charge is 0.261 e. The average Bonchev–Trinajstić information content (AvgIpc) is 2.96. The van der Waals surface area contributed by atoms with Gasteiger partial charge < -0.3 is 14.7 Å². The molecule has 5 heteroatoms. The maximum atomic E-state index is 6.27. The number of aryl methyl sites for hydroxylation is 1. The fourth-order valence-electron chi connectivity index (χ4n) is 2.33. The van der Waals surface area contributed by atoms with Crippen LogP contribution in [-0.4, -0.2) is 10.1 Å². The predicted octanol–water partition coefficient (Wildman–Crippen LogP) is 2.37. The molecule has 0 atom stereocenters. The van der Waals surface area contributed by atoms with Gasteiger partial charge in [-0.1, -0.05) is 18.0 Å². The summed E-state index contributed by atoms with van der Waals surface area (Å²) in [6, 6.07) is 1.87. The molecule has 3 rings (SSSR count). The van der Waals surface area contributed by atoms with Crippen LogP contribution in [0.1, 0.15) is 37.3 Å². The predicted molar refractivity (Wildman–Crippen MR) is 61.1 cm³/mol. The lowest BCUT2D eigenvalue weighted by Crippen LogP contribution is -2.34. The van der Waals surface area contributed by atoms with Crippen LogP contribution in [0.15, 0.2) is 21.3 Å². The fourth-order valence-corrected chi connectivity index (χ4v) is 2.33. The van der Waals surface area contributed by atoms with Gasteiger partial charge in [0.2, 0.25) is 0 Å². The Bertz CT molecular complexity index is 523. The van der Waals surface area contributed by atoms with E-state index in [0.717, 1.165) is 37.0 Å². The molecule has 1 aliphatic carbocycles. The van der Waals surface area contributed by atoms with E-state index in [9.17, 15) is 0 Å². The van der Waals surface area contributed by atoms with Gasteiger partial charge in [-0.05, 0) is 25.8 Å². The van der Waals surface area contributed by atoms with Crippen LogP contribution in [0.5, 0.6) is 0 Å². The number of nitrogens with two attached hydrogens (primary N) is 1. The highest BCUT2D eigenvalue weighted by molar-refractivity contribution is 5.51. The zero-order valence-corrected chi connectivity index (χ0v) is 9.77. The molecule has 0 aromatic carbocycles. The minimum absolute atomic E-state index is 0.402. The molecule has 2 N–H and O–H groups in total. The van der Waals surface area contributed by atoms with E-state index < -0.39 is 5.54 Å². The van der Waals surface area contributed by atoms with Crippen LogP contribution in [0.3, 0.4) is 0 Å². The molecule has 0 bridgehead atoms. The maximum Gasteiger partial charge on any atom is 0.261 e. The van der Waals surface area contributed by atoms with Gasteiger partial charge in [0.1, 0.15) is 12.0 Å². The molecule has 1 saturated carbocycles. The van der Waals surface area contributed by atoms with E-state index in [1.165, 1.54) is 0 Å². The molecule has 17 heavy (non-hydrogen) atoms. The SMILES string of the molecule is Cc1cc(-c2nc(C3(N)CCCC3)no2)co1. The van der Waals surface area contributed by atoms with Crippen molar-refractivity contribution in [1.29, 1.82) is 0 Å². The van der Waals surface area contributed by atoms with E-state index in [2.05, 4.69) is 10.1 Å². The molecule has 1 fully saturated rings. The summed E-state index contributed by atoms with van der Waals surface area (Å²) < 4.78 is 10.5. The van der Waals surface area contributed by atoms with Crippen LogP contribution >= 0.6 is 0 Å². The second-order valence-electron chi connectivity index (χ2n) is 4.73. The van der Waals surface area contributed by atoms with Crippen molar-refractivity contribution in [3.05, 3.63) is 23.9 Å². The van der Waals surface area contributed by atoms with Crippen molar-refractivity contribution in [3.8, 4) is 11.5 Å². The fraction of sp³-hybridized carbons (Fsp3) is 0.500. The Morgan fingerprint density at radius 2 is 2.12 bits per heavy atom. The number of aromatic nitrogens is 2. The van der Waals surface area contributed by atoms with Crippen LogP contribution < -0.4 is 5.73 Å². The molecular weight excluding hydrogens is 218 g/mol. The Hall–Kier alpha value is -1.62. The Morgan fingerprint density at radius 1 is 1.35 bits per heavy atom. The molecule has 1 aliphatic rings. The summed E-state index contributed by atoms with van der Waals surface area (Å²) in [5.41, 5.74) is 6.67. The van der Waals surface area contributed by atoms with Crippen LogP contribution in [0, 0.1) is 6.92 Å². The van der Waals surface area contributed by atoms with Gasteiger partial charge in [0.15, 0.2) is 5.82 Å². The lowest BCUT2D eigenvalue weighted by molar-refractivity contribution is 0.372. The van der Waals surface area contributed by atoms with Gasteiger partial charge in [0.25, 0.3) is 5.89 Å². The van der Waals surface area contributed by atoms with Crippen molar-refractivity contribution in [3.63, 3.8) is 0 Å². The van der Waals surface area contributed by atoms with Crippen molar-refractivity contribution in [2.45, 2.75) is 38.1 Å². The first-order valence-electron chi connectivity index (χ1n) is 5.86. The molecular formula is C12H15N3O2. The van der Waals surface area contributed by atoms with Crippen molar-refractivity contribution < 1.29 is 8.94 Å². The van der Waals surface area contributed by atoms with E-state index in [0.29, 0.717) is 11.7 Å². The Balaban J connectivity index is 1.92. The largest absolute Gasteiger partial charge is 0.469 e. The third kappa shape index (κ3) is 1.76. The maximum absolute atomic E-state index is 6.27. The molecule has 0 unspecified atom stereocenters. The number of furan rings is 1. The number of rotatable bonds is 2. The van der Waals surface area contributed by atoms with Crippen molar-refractivity contribution in [2.24, 2.45) is 5.73 Å². The van der Waals surface area contributed by atoms with E-state index >= 15 is 0 Å². The highest BCUT2D eigenvalue weighted by atomic mass is 16.5. The number of nitrogens with zero attached hydrogens (tertiary/aromatic N) is 2. The van der Waals surface area contributed by atoms with Gasteiger partial charge in [0, 0.05) is 0 Å². The molecule has 0 radical (unpaired) electrons. The first-order chi connectivity index (χ1) is 8.17. The zero-order chi connectivity index (χ0) is 11.9. The third-order valence-electron chi connectivity index (χ3n) is 3.34. The summed E-state index contributed by atoms with van der Waals surface area (Å²) in [6.45, 7) is 1.88. The zero-order valence-electron chi connectivity index (χ0n) is 9.77. The Labute approximate surface area is 99.0 Å². The quantitative estimate of drug-likeness (QED) is 0.861. The summed E-state index contributed by atoms with van der Waals surface area (Å²) in [7, 11) is 0.